The Balaban J connectivity index is 0.00000158. The number of ether oxygens (including phenoxy) is 1. The summed E-state index contributed by atoms with van der Waals surface area (Å²) in [5.41, 5.74) is 0.0571. The molecule has 2 aromatic carbocycles. The second kappa shape index (κ2) is 11.4. The molecule has 34 heavy (non-hydrogen) atoms. The molecule has 11 heteroatoms. The highest BCUT2D eigenvalue weighted by Crippen LogP contribution is 2.35. The standard InChI is InChI=1S/C21H19ClF3N3O3S.C2H6/c22-14-9-12(3-4-28-5-7-31-8-6-28)18(29)15(11-14)19(30)27-20-26-16-2-1-13(21(23,24)25)10-17(16)32-20;1-2/h1-2,9-11,29H,3-8H2,(H,26,27,30);1-2H3. The van der Waals surface area contributed by atoms with E-state index in [1.54, 1.807) is 6.07 Å². The molecule has 0 radical (unpaired) electrons. The lowest BCUT2D eigenvalue weighted by Crippen LogP contribution is -2.37. The number of nitrogens with one attached hydrogen (secondary N) is 1. The number of aromatic nitrogens is 1. The van der Waals surface area contributed by atoms with Crippen LogP contribution in [0.25, 0.3) is 10.2 Å². The average molecular weight is 516 g/mol. The fourth-order valence-electron chi connectivity index (χ4n) is 3.44. The number of nitrogens with zero attached hydrogens (tertiary/aromatic N) is 2. The molecule has 0 saturated carbocycles. The molecule has 2 N–H and O–H groups in total. The molecule has 1 saturated heterocycles. The zero-order chi connectivity index (χ0) is 24.9. The van der Waals surface area contributed by atoms with Crippen LogP contribution >= 0.6 is 22.9 Å². The number of carbonyl (C=O) groups is 1. The molecule has 6 nitrogen and oxygen atoms in total. The Morgan fingerprint density at radius 3 is 2.62 bits per heavy atom. The van der Waals surface area contributed by atoms with Gasteiger partial charge in [0, 0.05) is 24.7 Å². The summed E-state index contributed by atoms with van der Waals surface area (Å²) in [5.74, 6) is -0.826. The number of morpholine rings is 1. The van der Waals surface area contributed by atoms with Gasteiger partial charge in [-0.25, -0.2) is 4.98 Å². The number of fused-ring (bicyclic) bond motifs is 1. The first kappa shape index (κ1) is 26.2. The first-order valence-corrected chi connectivity index (χ1v) is 12.0. The molecule has 4 rings (SSSR count). The van der Waals surface area contributed by atoms with Crippen LogP contribution in [-0.2, 0) is 17.3 Å². The summed E-state index contributed by atoms with van der Waals surface area (Å²) in [7, 11) is 0. The maximum atomic E-state index is 12.9. The molecule has 0 aliphatic carbocycles. The highest BCUT2D eigenvalue weighted by atomic mass is 35.5. The number of alkyl halides is 3. The topological polar surface area (TPSA) is 74.7 Å². The number of phenols is 1. The van der Waals surface area contributed by atoms with Crippen molar-refractivity contribution in [2.75, 3.05) is 38.2 Å². The highest BCUT2D eigenvalue weighted by molar-refractivity contribution is 7.22. The number of rotatable bonds is 5. The summed E-state index contributed by atoms with van der Waals surface area (Å²) in [6.07, 6.45) is -3.97. The van der Waals surface area contributed by atoms with Gasteiger partial charge in [-0.3, -0.25) is 15.0 Å². The number of hydrogen-bond donors (Lipinski definition) is 2. The lowest BCUT2D eigenvalue weighted by Gasteiger charge is -2.26. The van der Waals surface area contributed by atoms with Crippen LogP contribution in [0.5, 0.6) is 5.75 Å². The van der Waals surface area contributed by atoms with E-state index in [0.717, 1.165) is 36.6 Å². The van der Waals surface area contributed by atoms with E-state index in [0.29, 0.717) is 42.3 Å². The maximum Gasteiger partial charge on any atom is 0.416 e. The van der Waals surface area contributed by atoms with Crippen molar-refractivity contribution in [3.63, 3.8) is 0 Å². The van der Waals surface area contributed by atoms with Crippen molar-refractivity contribution in [3.05, 3.63) is 52.0 Å². The van der Waals surface area contributed by atoms with Crippen LogP contribution in [0.1, 0.15) is 35.3 Å². The van der Waals surface area contributed by atoms with Gasteiger partial charge in [-0.15, -0.1) is 0 Å². The van der Waals surface area contributed by atoms with Crippen LogP contribution in [0, 0.1) is 0 Å². The Kier molecular flexibility index (Phi) is 8.75. The summed E-state index contributed by atoms with van der Waals surface area (Å²) in [4.78, 5) is 19.1. The van der Waals surface area contributed by atoms with Crippen LogP contribution in [0.2, 0.25) is 5.02 Å². The van der Waals surface area contributed by atoms with Gasteiger partial charge in [-0.1, -0.05) is 36.8 Å². The first-order valence-electron chi connectivity index (χ1n) is 10.8. The molecule has 2 heterocycles. The van der Waals surface area contributed by atoms with Gasteiger partial charge >= 0.3 is 6.18 Å². The van der Waals surface area contributed by atoms with E-state index in [4.69, 9.17) is 16.3 Å². The van der Waals surface area contributed by atoms with Gasteiger partial charge in [-0.05, 0) is 42.3 Å². The Bertz CT molecular complexity index is 1150. The summed E-state index contributed by atoms with van der Waals surface area (Å²) in [6, 6.07) is 6.15. The molecule has 1 aliphatic heterocycles. The van der Waals surface area contributed by atoms with Crippen molar-refractivity contribution in [1.29, 1.82) is 0 Å². The average Bonchev–Trinajstić information content (AvgIpc) is 3.22. The monoisotopic (exact) mass is 515 g/mol. The molecule has 0 atom stereocenters. The summed E-state index contributed by atoms with van der Waals surface area (Å²) in [6.45, 7) is 7.58. The van der Waals surface area contributed by atoms with E-state index in [1.165, 1.54) is 12.1 Å². The number of carbonyl (C=O) groups excluding carboxylic acids is 1. The lowest BCUT2D eigenvalue weighted by atomic mass is 10.0. The molecular weight excluding hydrogens is 491 g/mol. The van der Waals surface area contributed by atoms with Gasteiger partial charge in [0.25, 0.3) is 5.91 Å². The van der Waals surface area contributed by atoms with Gasteiger partial charge in [-0.2, -0.15) is 13.2 Å². The van der Waals surface area contributed by atoms with E-state index in [2.05, 4.69) is 15.2 Å². The minimum absolute atomic E-state index is 0.0234. The van der Waals surface area contributed by atoms with E-state index in [9.17, 15) is 23.1 Å². The first-order chi connectivity index (χ1) is 16.2. The molecule has 1 fully saturated rings. The third-order valence-electron chi connectivity index (χ3n) is 5.14. The SMILES string of the molecule is CC.O=C(Nc1nc2ccc(C(F)(F)F)cc2s1)c1cc(Cl)cc(CCN2CCOCC2)c1O. The zero-order valence-corrected chi connectivity index (χ0v) is 20.3. The van der Waals surface area contributed by atoms with E-state index < -0.39 is 17.6 Å². The van der Waals surface area contributed by atoms with Gasteiger partial charge in [0.05, 0.1) is 34.6 Å². The Labute approximate surface area is 204 Å². The van der Waals surface area contributed by atoms with Crippen LogP contribution < -0.4 is 5.32 Å². The molecule has 0 unspecified atom stereocenters. The van der Waals surface area contributed by atoms with Crippen LogP contribution in [0.4, 0.5) is 18.3 Å². The predicted molar refractivity (Wildman–Crippen MR) is 128 cm³/mol. The van der Waals surface area contributed by atoms with Crippen LogP contribution in [0.15, 0.2) is 30.3 Å². The molecule has 1 aliphatic rings. The van der Waals surface area contributed by atoms with E-state index >= 15 is 0 Å². The van der Waals surface area contributed by atoms with E-state index in [-0.39, 0.29) is 21.1 Å². The van der Waals surface area contributed by atoms with Crippen molar-refractivity contribution >= 4 is 44.2 Å². The van der Waals surface area contributed by atoms with Gasteiger partial charge in [0.1, 0.15) is 5.75 Å². The predicted octanol–water partition coefficient (Wildman–Crippen LogP) is 5.83. The molecule has 3 aromatic rings. The summed E-state index contributed by atoms with van der Waals surface area (Å²) in [5, 5.41) is 13.6. The number of phenolic OH excluding ortho intramolecular Hbond substituents is 1. The van der Waals surface area contributed by atoms with Gasteiger partial charge in [0.15, 0.2) is 5.13 Å². The Morgan fingerprint density at radius 2 is 1.94 bits per heavy atom. The van der Waals surface area contributed by atoms with Crippen molar-refractivity contribution in [1.82, 2.24) is 9.88 Å². The quantitative estimate of drug-likeness (QED) is 0.447. The number of amides is 1. The minimum Gasteiger partial charge on any atom is -0.507 e. The number of anilines is 1. The number of aromatic hydroxyl groups is 1. The zero-order valence-electron chi connectivity index (χ0n) is 18.7. The van der Waals surface area contributed by atoms with Gasteiger partial charge in [0.2, 0.25) is 0 Å². The fraction of sp³-hybridized carbons (Fsp3) is 0.391. The molecule has 1 amide bonds. The maximum absolute atomic E-state index is 12.9. The molecule has 184 valence electrons. The molecule has 0 spiro atoms. The molecular formula is C23H25ClF3N3O3S. The third kappa shape index (κ3) is 6.38. The highest BCUT2D eigenvalue weighted by Gasteiger charge is 2.31. The molecule has 0 bridgehead atoms. The second-order valence-electron chi connectivity index (χ2n) is 7.32. The third-order valence-corrected chi connectivity index (χ3v) is 6.29. The van der Waals surface area contributed by atoms with Crippen molar-refractivity contribution in [2.45, 2.75) is 26.4 Å². The minimum atomic E-state index is -4.47. The van der Waals surface area contributed by atoms with Crippen LogP contribution in [-0.4, -0.2) is 53.7 Å². The Morgan fingerprint density at radius 1 is 1.24 bits per heavy atom. The van der Waals surface area contributed by atoms with E-state index in [1.807, 2.05) is 13.8 Å². The smallest absolute Gasteiger partial charge is 0.416 e. The second-order valence-corrected chi connectivity index (χ2v) is 8.79. The lowest BCUT2D eigenvalue weighted by molar-refractivity contribution is -0.137. The number of thiazole rings is 1. The number of halogens is 4. The van der Waals surface area contributed by atoms with Gasteiger partial charge < -0.3 is 9.84 Å². The normalized spacial score (nSPS) is 14.5. The number of hydrogen-bond acceptors (Lipinski definition) is 6. The summed E-state index contributed by atoms with van der Waals surface area (Å²) < 4.78 is 44.4. The number of benzene rings is 2. The largest absolute Gasteiger partial charge is 0.507 e. The Hall–Kier alpha value is -2.40. The molecule has 1 aromatic heterocycles. The van der Waals surface area contributed by atoms with Crippen molar-refractivity contribution in [3.8, 4) is 5.75 Å². The van der Waals surface area contributed by atoms with Crippen LogP contribution in [0.3, 0.4) is 0 Å². The van der Waals surface area contributed by atoms with Crippen molar-refractivity contribution < 1.29 is 27.8 Å². The fourth-order valence-corrected chi connectivity index (χ4v) is 4.58. The summed E-state index contributed by atoms with van der Waals surface area (Å²) >= 11 is 7.09. The van der Waals surface area contributed by atoms with Crippen molar-refractivity contribution in [2.24, 2.45) is 0 Å².